The van der Waals surface area contributed by atoms with Crippen molar-refractivity contribution in [1.82, 2.24) is 19.6 Å². The lowest BCUT2D eigenvalue weighted by atomic mass is 9.85. The van der Waals surface area contributed by atoms with Gasteiger partial charge in [-0.2, -0.15) is 11.8 Å². The number of hydrogen-bond acceptors (Lipinski definition) is 6. The average Bonchev–Trinajstić information content (AvgIpc) is 2.92. The van der Waals surface area contributed by atoms with Gasteiger partial charge >= 0.3 is 0 Å². The predicted molar refractivity (Wildman–Crippen MR) is 145 cm³/mol. The molecule has 0 bridgehead atoms. The van der Waals surface area contributed by atoms with Crippen molar-refractivity contribution >= 4 is 23.2 Å². The quantitative estimate of drug-likeness (QED) is 0.532. The lowest BCUT2D eigenvalue weighted by molar-refractivity contribution is 0.0927. The van der Waals surface area contributed by atoms with E-state index in [9.17, 15) is 9.59 Å². The molecule has 0 spiro atoms. The van der Waals surface area contributed by atoms with Crippen molar-refractivity contribution in [3.8, 4) is 0 Å². The summed E-state index contributed by atoms with van der Waals surface area (Å²) in [5.41, 5.74) is 9.02. The number of nitrogens with two attached hydrogens (primary N) is 1. The summed E-state index contributed by atoms with van der Waals surface area (Å²) in [5.74, 6) is -0.264. The van der Waals surface area contributed by atoms with Crippen LogP contribution in [0.2, 0.25) is 0 Å². The summed E-state index contributed by atoms with van der Waals surface area (Å²) in [4.78, 5) is 33.5. The van der Waals surface area contributed by atoms with E-state index in [0.717, 1.165) is 62.0 Å². The van der Waals surface area contributed by atoms with Crippen LogP contribution in [0.4, 0.5) is 0 Å². The third kappa shape index (κ3) is 5.08. The molecule has 36 heavy (non-hydrogen) atoms. The maximum absolute atomic E-state index is 13.4. The van der Waals surface area contributed by atoms with E-state index in [1.54, 1.807) is 28.6 Å². The van der Waals surface area contributed by atoms with E-state index in [1.807, 2.05) is 42.5 Å². The molecule has 0 aromatic carbocycles. The highest BCUT2D eigenvalue weighted by Crippen LogP contribution is 2.30. The van der Waals surface area contributed by atoms with Gasteiger partial charge in [-0.3, -0.25) is 23.9 Å². The van der Waals surface area contributed by atoms with Gasteiger partial charge in [0.15, 0.2) is 0 Å². The summed E-state index contributed by atoms with van der Waals surface area (Å²) in [6, 6.07) is 13.5. The third-order valence-electron chi connectivity index (χ3n) is 7.84. The molecule has 2 atom stereocenters. The maximum atomic E-state index is 13.4. The van der Waals surface area contributed by atoms with Crippen molar-refractivity contribution in [1.29, 1.82) is 0 Å². The van der Waals surface area contributed by atoms with Crippen LogP contribution in [-0.4, -0.2) is 50.8 Å². The number of pyridine rings is 3. The first kappa shape index (κ1) is 25.0. The number of carbonyl (C=O) groups is 1. The van der Waals surface area contributed by atoms with Gasteiger partial charge in [0.2, 0.25) is 0 Å². The second kappa shape index (κ2) is 10.7. The molecule has 8 heteroatoms. The number of carbonyl (C=O) groups excluding carboxylic acids is 1. The van der Waals surface area contributed by atoms with E-state index < -0.39 is 5.54 Å². The van der Waals surface area contributed by atoms with Gasteiger partial charge in [0.05, 0.1) is 16.7 Å². The van der Waals surface area contributed by atoms with Crippen LogP contribution in [0.3, 0.4) is 0 Å². The summed E-state index contributed by atoms with van der Waals surface area (Å²) in [7, 11) is 0. The minimum atomic E-state index is -0.424. The summed E-state index contributed by atoms with van der Waals surface area (Å²) in [5, 5.41) is 3.59. The smallest absolute Gasteiger partial charge is 0.267 e. The number of aromatic nitrogens is 2. The average molecular weight is 506 g/mol. The standard InChI is InChI=1S/C28H35N5O2S/c1-36-24-10-3-2-8-22(24)31-26(34)21-18-20(23-9-5-7-15-33(23)27(21)35)19-32-16-12-28(29,13-17-32)25-11-4-6-14-30-25/h4-7,9,11,14-15,18,22,24H,2-3,8,10,12-13,16-17,19,29H2,1H3,(H,31,34)/t22-,24?/m0/s1. The summed E-state index contributed by atoms with van der Waals surface area (Å²) in [6.07, 6.45) is 11.6. The zero-order chi connectivity index (χ0) is 25.1. The number of nitrogens with zero attached hydrogens (tertiary/aromatic N) is 3. The number of fused-ring (bicyclic) bond motifs is 1. The molecule has 2 fully saturated rings. The van der Waals surface area contributed by atoms with Gasteiger partial charge in [-0.25, -0.2) is 0 Å². The summed E-state index contributed by atoms with van der Waals surface area (Å²) < 4.78 is 1.61. The molecule has 3 aromatic heterocycles. The number of piperidine rings is 1. The van der Waals surface area contributed by atoms with Crippen molar-refractivity contribution in [2.24, 2.45) is 5.73 Å². The predicted octanol–water partition coefficient (Wildman–Crippen LogP) is 3.55. The van der Waals surface area contributed by atoms with Crippen LogP contribution in [0.15, 0.2) is 59.7 Å². The topological polar surface area (TPSA) is 92.7 Å². The molecule has 3 aromatic rings. The van der Waals surface area contributed by atoms with Crippen LogP contribution in [-0.2, 0) is 12.1 Å². The number of nitrogens with one attached hydrogen (secondary N) is 1. The Morgan fingerprint density at radius 2 is 1.94 bits per heavy atom. The summed E-state index contributed by atoms with van der Waals surface area (Å²) >= 11 is 1.80. The molecule has 1 unspecified atom stereocenters. The van der Waals surface area contributed by atoms with Crippen molar-refractivity contribution in [2.45, 2.75) is 61.9 Å². The van der Waals surface area contributed by atoms with Crippen LogP contribution in [0.25, 0.3) is 5.52 Å². The van der Waals surface area contributed by atoms with Crippen LogP contribution < -0.4 is 16.6 Å². The van der Waals surface area contributed by atoms with Crippen LogP contribution >= 0.6 is 11.8 Å². The Morgan fingerprint density at radius 1 is 1.17 bits per heavy atom. The first-order valence-corrected chi connectivity index (χ1v) is 14.2. The van der Waals surface area contributed by atoms with E-state index >= 15 is 0 Å². The zero-order valence-electron chi connectivity index (χ0n) is 20.9. The monoisotopic (exact) mass is 505 g/mol. The zero-order valence-corrected chi connectivity index (χ0v) is 21.7. The normalized spacial score (nSPS) is 22.4. The molecule has 1 aliphatic carbocycles. The van der Waals surface area contributed by atoms with Crippen molar-refractivity contribution < 1.29 is 4.79 Å². The Labute approximate surface area is 216 Å². The van der Waals surface area contributed by atoms with E-state index in [0.29, 0.717) is 11.8 Å². The highest BCUT2D eigenvalue weighted by molar-refractivity contribution is 7.99. The number of likely N-dealkylation sites (tertiary alicyclic amines) is 1. The molecule has 1 amide bonds. The molecule has 5 rings (SSSR count). The van der Waals surface area contributed by atoms with Crippen LogP contribution in [0, 0.1) is 0 Å². The number of amides is 1. The second-order valence-corrected chi connectivity index (χ2v) is 11.2. The fourth-order valence-electron chi connectivity index (χ4n) is 5.67. The van der Waals surface area contributed by atoms with Gasteiger partial charge in [0.1, 0.15) is 5.56 Å². The fourth-order valence-corrected chi connectivity index (χ4v) is 6.60. The molecular weight excluding hydrogens is 470 g/mol. The molecule has 1 saturated carbocycles. The Balaban J connectivity index is 1.37. The Kier molecular flexibility index (Phi) is 7.46. The van der Waals surface area contributed by atoms with Gasteiger partial charge in [0.25, 0.3) is 11.5 Å². The Hall–Kier alpha value is -2.68. The molecular formula is C28H35N5O2S. The van der Waals surface area contributed by atoms with Crippen LogP contribution in [0.5, 0.6) is 0 Å². The van der Waals surface area contributed by atoms with Gasteiger partial charge in [-0.1, -0.05) is 25.0 Å². The number of rotatable bonds is 6. The second-order valence-electron chi connectivity index (χ2n) is 10.1. The lowest BCUT2D eigenvalue weighted by Gasteiger charge is -2.39. The molecule has 1 saturated heterocycles. The first-order chi connectivity index (χ1) is 17.5. The van der Waals surface area contributed by atoms with Crippen LogP contribution in [0.1, 0.15) is 60.1 Å². The molecule has 3 N–H and O–H groups in total. The molecule has 7 nitrogen and oxygen atoms in total. The van der Waals surface area contributed by atoms with Crippen molar-refractivity contribution in [2.75, 3.05) is 19.3 Å². The van der Waals surface area contributed by atoms with Gasteiger partial charge in [-0.15, -0.1) is 0 Å². The SMILES string of the molecule is CSC1CCCC[C@@H]1NC(=O)c1cc(CN2CCC(N)(c3ccccn3)CC2)c2ccccn2c1=O. The Bertz CT molecular complexity index is 1270. The number of thioether (sulfide) groups is 1. The van der Waals surface area contributed by atoms with Crippen molar-refractivity contribution in [3.05, 3.63) is 82.0 Å². The minimum absolute atomic E-state index is 0.104. The third-order valence-corrected chi connectivity index (χ3v) is 9.01. The van der Waals surface area contributed by atoms with Gasteiger partial charge < -0.3 is 11.1 Å². The summed E-state index contributed by atoms with van der Waals surface area (Å²) in [6.45, 7) is 2.30. The highest BCUT2D eigenvalue weighted by atomic mass is 32.2. The molecule has 4 heterocycles. The van der Waals surface area contributed by atoms with E-state index in [2.05, 4.69) is 21.5 Å². The molecule has 0 radical (unpaired) electrons. The molecule has 1 aliphatic heterocycles. The van der Waals surface area contributed by atoms with E-state index in [4.69, 9.17) is 5.73 Å². The van der Waals surface area contributed by atoms with E-state index in [1.165, 1.54) is 6.42 Å². The highest BCUT2D eigenvalue weighted by Gasteiger charge is 2.34. The van der Waals surface area contributed by atoms with E-state index in [-0.39, 0.29) is 23.1 Å². The number of hydrogen-bond donors (Lipinski definition) is 2. The lowest BCUT2D eigenvalue weighted by Crippen LogP contribution is -2.48. The Morgan fingerprint density at radius 3 is 2.69 bits per heavy atom. The maximum Gasteiger partial charge on any atom is 0.267 e. The van der Waals surface area contributed by atoms with Gasteiger partial charge in [0, 0.05) is 43.3 Å². The van der Waals surface area contributed by atoms with Gasteiger partial charge in [-0.05, 0) is 67.8 Å². The molecule has 190 valence electrons. The largest absolute Gasteiger partial charge is 0.348 e. The first-order valence-electron chi connectivity index (χ1n) is 12.9. The fraction of sp³-hybridized carbons (Fsp3) is 0.464. The van der Waals surface area contributed by atoms with Crippen molar-refractivity contribution in [3.63, 3.8) is 0 Å². The minimum Gasteiger partial charge on any atom is -0.348 e. The molecule has 2 aliphatic rings.